The Balaban J connectivity index is 1.89. The van der Waals surface area contributed by atoms with E-state index in [4.69, 9.17) is 5.73 Å². The van der Waals surface area contributed by atoms with E-state index in [1.54, 1.807) is 18.3 Å². The van der Waals surface area contributed by atoms with Crippen LogP contribution in [0.5, 0.6) is 0 Å². The number of anilines is 2. The van der Waals surface area contributed by atoms with Gasteiger partial charge in [0.05, 0.1) is 5.69 Å². The number of hydrogen-bond acceptors (Lipinski definition) is 4. The molecule has 0 amide bonds. The van der Waals surface area contributed by atoms with E-state index in [0.717, 1.165) is 31.2 Å². The molecule has 3 N–H and O–H groups in total. The van der Waals surface area contributed by atoms with Gasteiger partial charge in [-0.3, -0.25) is 0 Å². The third-order valence-electron chi connectivity index (χ3n) is 4.72. The minimum Gasteiger partial charge on any atom is -0.383 e. The molecule has 4 nitrogen and oxygen atoms in total. The van der Waals surface area contributed by atoms with Gasteiger partial charge in [-0.25, -0.2) is 9.37 Å². The topological polar surface area (TPSA) is 74.7 Å². The maximum atomic E-state index is 14.3. The van der Waals surface area contributed by atoms with Crippen LogP contribution < -0.4 is 11.1 Å². The van der Waals surface area contributed by atoms with E-state index in [-0.39, 0.29) is 17.1 Å². The van der Waals surface area contributed by atoms with Crippen LogP contribution in [-0.4, -0.2) is 11.5 Å². The van der Waals surface area contributed by atoms with Crippen molar-refractivity contribution >= 4 is 11.5 Å². The zero-order valence-electron chi connectivity index (χ0n) is 12.8. The first-order chi connectivity index (χ1) is 11.2. The predicted molar refractivity (Wildman–Crippen MR) is 88.4 cm³/mol. The molecule has 0 bridgehead atoms. The Bertz CT molecular complexity index is 745. The highest BCUT2D eigenvalue weighted by molar-refractivity contribution is 5.66. The van der Waals surface area contributed by atoms with Crippen LogP contribution in [0.15, 0.2) is 36.5 Å². The second-order valence-corrected chi connectivity index (χ2v) is 6.05. The molecule has 1 aliphatic rings. The molecule has 0 aliphatic heterocycles. The van der Waals surface area contributed by atoms with E-state index >= 15 is 0 Å². The van der Waals surface area contributed by atoms with E-state index in [1.165, 1.54) is 6.07 Å². The number of benzene rings is 1. The lowest BCUT2D eigenvalue weighted by Crippen LogP contribution is -2.32. The van der Waals surface area contributed by atoms with E-state index < -0.39 is 0 Å². The van der Waals surface area contributed by atoms with Crippen LogP contribution in [0, 0.1) is 17.1 Å². The average molecular weight is 310 g/mol. The molecule has 1 aromatic carbocycles. The lowest BCUT2D eigenvalue weighted by atomic mass is 9.78. The first-order valence-electron chi connectivity index (χ1n) is 7.80. The molecule has 0 atom stereocenters. The van der Waals surface area contributed by atoms with Crippen LogP contribution in [0.25, 0.3) is 0 Å². The van der Waals surface area contributed by atoms with Gasteiger partial charge >= 0.3 is 0 Å². The Morgan fingerprint density at radius 3 is 2.70 bits per heavy atom. The predicted octanol–water partition coefficient (Wildman–Crippen LogP) is 3.60. The van der Waals surface area contributed by atoms with Gasteiger partial charge in [0.2, 0.25) is 0 Å². The van der Waals surface area contributed by atoms with Crippen molar-refractivity contribution in [2.24, 2.45) is 0 Å². The molecule has 1 heterocycles. The summed E-state index contributed by atoms with van der Waals surface area (Å²) in [5, 5.41) is 12.6. The lowest BCUT2D eigenvalue weighted by Gasteiger charge is -2.31. The molecule has 0 unspecified atom stereocenters. The first kappa shape index (κ1) is 15.3. The summed E-state index contributed by atoms with van der Waals surface area (Å²) in [7, 11) is 0. The molecule has 5 heteroatoms. The molecule has 118 valence electrons. The fourth-order valence-corrected chi connectivity index (χ4v) is 3.49. The Kier molecular flexibility index (Phi) is 4.16. The molecule has 1 aromatic heterocycles. The normalized spacial score (nSPS) is 16.0. The fraction of sp³-hybridized carbons (Fsp3) is 0.333. The van der Waals surface area contributed by atoms with Gasteiger partial charge in [0, 0.05) is 18.2 Å². The van der Waals surface area contributed by atoms with Crippen molar-refractivity contribution in [1.29, 1.82) is 5.26 Å². The number of nitrogens with zero attached hydrogens (tertiary/aromatic N) is 2. The summed E-state index contributed by atoms with van der Waals surface area (Å²) < 4.78 is 14.3. The highest BCUT2D eigenvalue weighted by Crippen LogP contribution is 2.42. The van der Waals surface area contributed by atoms with Crippen molar-refractivity contribution in [1.82, 2.24) is 4.98 Å². The van der Waals surface area contributed by atoms with E-state index in [0.29, 0.717) is 17.8 Å². The van der Waals surface area contributed by atoms with Crippen molar-refractivity contribution in [2.75, 3.05) is 17.6 Å². The molecule has 23 heavy (non-hydrogen) atoms. The quantitative estimate of drug-likeness (QED) is 0.905. The Morgan fingerprint density at radius 2 is 2.00 bits per heavy atom. The van der Waals surface area contributed by atoms with Gasteiger partial charge < -0.3 is 11.1 Å². The first-order valence-corrected chi connectivity index (χ1v) is 7.80. The highest BCUT2D eigenvalue weighted by atomic mass is 19.1. The molecular weight excluding hydrogens is 291 g/mol. The average Bonchev–Trinajstić information content (AvgIpc) is 3.03. The Labute approximate surface area is 135 Å². The van der Waals surface area contributed by atoms with Crippen molar-refractivity contribution in [3.8, 4) is 6.07 Å². The minimum absolute atomic E-state index is 0.161. The van der Waals surface area contributed by atoms with Gasteiger partial charge in [-0.1, -0.05) is 31.0 Å². The number of nitriles is 1. The third-order valence-corrected chi connectivity index (χ3v) is 4.72. The molecule has 0 radical (unpaired) electrons. The highest BCUT2D eigenvalue weighted by Gasteiger charge is 2.37. The number of aromatic nitrogens is 1. The minimum atomic E-state index is -0.240. The van der Waals surface area contributed by atoms with E-state index in [9.17, 15) is 9.65 Å². The molecule has 2 aromatic rings. The van der Waals surface area contributed by atoms with Crippen LogP contribution in [0.1, 0.15) is 36.8 Å². The van der Waals surface area contributed by atoms with Gasteiger partial charge in [-0.2, -0.15) is 5.26 Å². The number of hydrogen-bond donors (Lipinski definition) is 2. The maximum Gasteiger partial charge on any atom is 0.143 e. The molecule has 1 aliphatic carbocycles. The van der Waals surface area contributed by atoms with Crippen molar-refractivity contribution in [3.63, 3.8) is 0 Å². The molecule has 3 rings (SSSR count). The molecule has 0 saturated heterocycles. The summed E-state index contributed by atoms with van der Waals surface area (Å²) in [5.41, 5.74) is 7.26. The number of rotatable bonds is 4. The maximum absolute atomic E-state index is 14.3. The number of nitrogens with two attached hydrogens (primary N) is 1. The van der Waals surface area contributed by atoms with Crippen LogP contribution in [-0.2, 0) is 5.41 Å². The summed E-state index contributed by atoms with van der Waals surface area (Å²) in [6, 6.07) is 10.8. The van der Waals surface area contributed by atoms with Crippen LogP contribution in [0.3, 0.4) is 0 Å². The second kappa shape index (κ2) is 6.25. The number of nitrogen functional groups attached to an aromatic ring is 1. The summed E-state index contributed by atoms with van der Waals surface area (Å²) in [6.07, 6.45) is 5.61. The van der Waals surface area contributed by atoms with Gasteiger partial charge in [0.15, 0.2) is 0 Å². The van der Waals surface area contributed by atoms with Crippen molar-refractivity contribution < 1.29 is 4.39 Å². The third kappa shape index (κ3) is 2.85. The SMILES string of the molecule is N#Cc1c(NCC2(c3ccccc3F)CCCC2)ccnc1N. The summed E-state index contributed by atoms with van der Waals surface area (Å²) >= 11 is 0. The largest absolute Gasteiger partial charge is 0.383 e. The zero-order chi connectivity index (χ0) is 16.3. The summed E-state index contributed by atoms with van der Waals surface area (Å²) in [4.78, 5) is 3.94. The van der Waals surface area contributed by atoms with Gasteiger partial charge in [-0.05, 0) is 30.5 Å². The second-order valence-electron chi connectivity index (χ2n) is 6.05. The smallest absolute Gasteiger partial charge is 0.143 e. The molecular formula is C18H19FN4. The molecule has 1 saturated carbocycles. The van der Waals surface area contributed by atoms with Crippen LogP contribution in [0.4, 0.5) is 15.9 Å². The Hall–Kier alpha value is -2.61. The number of halogens is 1. The Morgan fingerprint density at radius 1 is 1.26 bits per heavy atom. The summed E-state index contributed by atoms with van der Waals surface area (Å²) in [5.74, 6) is 0.0508. The monoisotopic (exact) mass is 310 g/mol. The van der Waals surface area contributed by atoms with Gasteiger partial charge in [0.25, 0.3) is 0 Å². The van der Waals surface area contributed by atoms with Gasteiger partial charge in [-0.15, -0.1) is 0 Å². The van der Waals surface area contributed by atoms with Gasteiger partial charge in [0.1, 0.15) is 23.3 Å². The van der Waals surface area contributed by atoms with E-state index in [1.807, 2.05) is 12.1 Å². The summed E-state index contributed by atoms with van der Waals surface area (Å²) in [6.45, 7) is 0.575. The van der Waals surface area contributed by atoms with E-state index in [2.05, 4.69) is 16.4 Å². The molecule has 0 spiro atoms. The van der Waals surface area contributed by atoms with Crippen LogP contribution >= 0.6 is 0 Å². The lowest BCUT2D eigenvalue weighted by molar-refractivity contribution is 0.438. The standard InChI is InChI=1S/C18H19FN4/c19-15-6-2-1-5-14(15)18(8-3-4-9-18)12-23-16-7-10-22-17(21)13(16)11-20/h1-2,5-7,10H,3-4,8-9,12H2,(H3,21,22,23). The molecule has 1 fully saturated rings. The van der Waals surface area contributed by atoms with Crippen LogP contribution in [0.2, 0.25) is 0 Å². The number of nitrogens with one attached hydrogen (secondary N) is 1. The number of pyridine rings is 1. The zero-order valence-corrected chi connectivity index (χ0v) is 12.8. The van der Waals surface area contributed by atoms with Crippen molar-refractivity contribution in [2.45, 2.75) is 31.1 Å². The van der Waals surface area contributed by atoms with Crippen molar-refractivity contribution in [3.05, 3.63) is 53.5 Å². The fourth-order valence-electron chi connectivity index (χ4n) is 3.49.